The summed E-state index contributed by atoms with van der Waals surface area (Å²) in [5.74, 6) is 0.351. The fourth-order valence-corrected chi connectivity index (χ4v) is 2.31. The number of ether oxygens (including phenoxy) is 2. The lowest BCUT2D eigenvalue weighted by molar-refractivity contribution is -0.123. The zero-order valence-electron chi connectivity index (χ0n) is 15.8. The van der Waals surface area contributed by atoms with Crippen molar-refractivity contribution in [2.24, 2.45) is 0 Å². The average molecular weight is 401 g/mol. The Kier molecular flexibility index (Phi) is 8.23. The van der Waals surface area contributed by atoms with Gasteiger partial charge in [0, 0.05) is 5.56 Å². The fourth-order valence-electron chi connectivity index (χ4n) is 2.17. The second-order valence-corrected chi connectivity index (χ2v) is 6.35. The lowest BCUT2D eigenvalue weighted by Gasteiger charge is -2.12. The van der Waals surface area contributed by atoms with Gasteiger partial charge in [0.2, 0.25) is 0 Å². The van der Waals surface area contributed by atoms with Crippen LogP contribution in [0.4, 0.5) is 0 Å². The molecule has 0 saturated heterocycles. The van der Waals surface area contributed by atoms with Gasteiger partial charge in [0.05, 0.1) is 6.61 Å². The minimum Gasteiger partial charge on any atom is -0.494 e. The Balaban J connectivity index is 1.75. The summed E-state index contributed by atoms with van der Waals surface area (Å²) in [6, 6.07) is 14.1. The van der Waals surface area contributed by atoms with Crippen molar-refractivity contribution in [1.29, 1.82) is 0 Å². The van der Waals surface area contributed by atoms with Gasteiger partial charge in [-0.3, -0.25) is 25.8 Å². The molecule has 148 valence electrons. The maximum Gasteiger partial charge on any atom is 0.276 e. The van der Waals surface area contributed by atoms with E-state index in [1.54, 1.807) is 30.3 Å². The molecule has 28 heavy (non-hydrogen) atoms. The Hall–Kier alpha value is -3.13. The van der Waals surface area contributed by atoms with Crippen LogP contribution in [0.15, 0.2) is 48.5 Å². The first-order valence-corrected chi connectivity index (χ1v) is 9.21. The lowest BCUT2D eigenvalue weighted by atomic mass is 10.2. The highest BCUT2D eigenvalue weighted by molar-refractivity contribution is 7.80. The molecule has 0 fully saturated rings. The summed E-state index contributed by atoms with van der Waals surface area (Å²) in [5, 5.41) is 2.45. The topological polar surface area (TPSA) is 88.7 Å². The predicted octanol–water partition coefficient (Wildman–Crippen LogP) is 2.50. The summed E-state index contributed by atoms with van der Waals surface area (Å²) in [4.78, 5) is 24.1. The number of nitrogens with one attached hydrogen (secondary N) is 3. The van der Waals surface area contributed by atoms with E-state index in [1.807, 2.05) is 32.0 Å². The number of hydrogen-bond donors (Lipinski definition) is 3. The molecule has 0 spiro atoms. The Bertz CT molecular complexity index is 842. The smallest absolute Gasteiger partial charge is 0.276 e. The molecule has 0 saturated carbocycles. The summed E-state index contributed by atoms with van der Waals surface area (Å²) < 4.78 is 10.9. The van der Waals surface area contributed by atoms with Crippen LogP contribution < -0.4 is 25.6 Å². The van der Waals surface area contributed by atoms with Crippen molar-refractivity contribution in [3.8, 4) is 11.5 Å². The number of aryl methyl sites for hydroxylation is 1. The first kappa shape index (κ1) is 21.2. The summed E-state index contributed by atoms with van der Waals surface area (Å²) in [6.45, 7) is 4.31. The number of benzene rings is 2. The molecule has 3 N–H and O–H groups in total. The molecule has 0 aromatic heterocycles. The van der Waals surface area contributed by atoms with Gasteiger partial charge >= 0.3 is 0 Å². The number of rotatable bonds is 7. The van der Waals surface area contributed by atoms with Crippen molar-refractivity contribution < 1.29 is 19.1 Å². The molecular formula is C20H23N3O4S. The van der Waals surface area contributed by atoms with Gasteiger partial charge in [-0.1, -0.05) is 25.1 Å². The van der Waals surface area contributed by atoms with Gasteiger partial charge < -0.3 is 9.47 Å². The molecule has 0 unspecified atom stereocenters. The summed E-state index contributed by atoms with van der Waals surface area (Å²) >= 11 is 5.02. The van der Waals surface area contributed by atoms with Crippen molar-refractivity contribution in [2.45, 2.75) is 20.3 Å². The van der Waals surface area contributed by atoms with E-state index in [4.69, 9.17) is 21.7 Å². The maximum absolute atomic E-state index is 12.2. The Morgan fingerprint density at radius 3 is 2.43 bits per heavy atom. The highest BCUT2D eigenvalue weighted by atomic mass is 32.1. The fraction of sp³-hybridized carbons (Fsp3) is 0.250. The molecule has 0 aliphatic carbocycles. The third kappa shape index (κ3) is 7.24. The Morgan fingerprint density at radius 1 is 1.00 bits per heavy atom. The quantitative estimate of drug-likeness (QED) is 0.488. The normalized spacial score (nSPS) is 9.93. The number of carbonyl (C=O) groups is 2. The third-order valence-electron chi connectivity index (χ3n) is 3.47. The summed E-state index contributed by atoms with van der Waals surface area (Å²) in [5.41, 5.74) is 6.26. The van der Waals surface area contributed by atoms with Crippen LogP contribution in [0.5, 0.6) is 11.5 Å². The standard InChI is InChI=1S/C20H23N3O4S/c1-3-10-26-17-9-5-7-15(12-17)19(25)21-20(28)23-22-18(24)13-27-16-8-4-6-14(2)11-16/h4-9,11-12H,3,10,13H2,1-2H3,(H,22,24)(H2,21,23,25,28). The Morgan fingerprint density at radius 2 is 1.71 bits per heavy atom. The van der Waals surface area contributed by atoms with Gasteiger partial charge in [-0.2, -0.15) is 0 Å². The molecule has 0 aliphatic heterocycles. The van der Waals surface area contributed by atoms with E-state index in [2.05, 4.69) is 16.2 Å². The lowest BCUT2D eigenvalue weighted by Crippen LogP contribution is -2.49. The second-order valence-electron chi connectivity index (χ2n) is 5.94. The molecule has 2 aromatic carbocycles. The predicted molar refractivity (Wildman–Crippen MR) is 110 cm³/mol. The second kappa shape index (κ2) is 10.9. The van der Waals surface area contributed by atoms with Gasteiger partial charge in [0.25, 0.3) is 11.8 Å². The van der Waals surface area contributed by atoms with Crippen LogP contribution in [0.2, 0.25) is 0 Å². The number of hydrogen-bond acceptors (Lipinski definition) is 5. The number of amides is 2. The Labute approximate surface area is 169 Å². The van der Waals surface area contributed by atoms with Crippen molar-refractivity contribution in [3.63, 3.8) is 0 Å². The third-order valence-corrected chi connectivity index (χ3v) is 3.68. The zero-order chi connectivity index (χ0) is 20.4. The zero-order valence-corrected chi connectivity index (χ0v) is 16.6. The van der Waals surface area contributed by atoms with Crippen LogP contribution >= 0.6 is 12.2 Å². The van der Waals surface area contributed by atoms with Gasteiger partial charge in [-0.05, 0) is 61.5 Å². The van der Waals surface area contributed by atoms with E-state index < -0.39 is 11.8 Å². The first-order chi connectivity index (χ1) is 13.5. The van der Waals surface area contributed by atoms with E-state index in [9.17, 15) is 9.59 Å². The molecule has 2 aromatic rings. The molecule has 2 rings (SSSR count). The van der Waals surface area contributed by atoms with E-state index in [-0.39, 0.29) is 11.7 Å². The largest absolute Gasteiger partial charge is 0.494 e. The van der Waals surface area contributed by atoms with Gasteiger partial charge in [-0.15, -0.1) is 0 Å². The summed E-state index contributed by atoms with van der Waals surface area (Å²) in [6.07, 6.45) is 0.873. The minimum absolute atomic E-state index is 0.0335. The van der Waals surface area contributed by atoms with E-state index >= 15 is 0 Å². The van der Waals surface area contributed by atoms with Gasteiger partial charge in [0.1, 0.15) is 11.5 Å². The monoisotopic (exact) mass is 401 g/mol. The van der Waals surface area contributed by atoms with Crippen molar-refractivity contribution in [3.05, 3.63) is 59.7 Å². The summed E-state index contributed by atoms with van der Waals surface area (Å²) in [7, 11) is 0. The minimum atomic E-state index is -0.437. The highest BCUT2D eigenvalue weighted by Gasteiger charge is 2.10. The molecule has 8 heteroatoms. The van der Waals surface area contributed by atoms with Crippen LogP contribution in [0.1, 0.15) is 29.3 Å². The number of carbonyl (C=O) groups excluding carboxylic acids is 2. The van der Waals surface area contributed by atoms with E-state index in [0.717, 1.165) is 12.0 Å². The number of thiocarbonyl (C=S) groups is 1. The molecule has 0 aliphatic rings. The molecule has 0 radical (unpaired) electrons. The molecule has 2 amide bonds. The van der Waals surface area contributed by atoms with Crippen LogP contribution in [-0.4, -0.2) is 30.1 Å². The van der Waals surface area contributed by atoms with Crippen LogP contribution in [0, 0.1) is 6.92 Å². The van der Waals surface area contributed by atoms with Crippen molar-refractivity contribution in [2.75, 3.05) is 13.2 Å². The average Bonchev–Trinajstić information content (AvgIpc) is 2.69. The first-order valence-electron chi connectivity index (χ1n) is 8.80. The molecule has 0 heterocycles. The number of hydrazine groups is 1. The van der Waals surface area contributed by atoms with Gasteiger partial charge in [-0.25, -0.2) is 0 Å². The maximum atomic E-state index is 12.2. The van der Waals surface area contributed by atoms with Crippen LogP contribution in [0.3, 0.4) is 0 Å². The highest BCUT2D eigenvalue weighted by Crippen LogP contribution is 2.13. The van der Waals surface area contributed by atoms with Gasteiger partial charge in [0.15, 0.2) is 11.7 Å². The van der Waals surface area contributed by atoms with E-state index in [1.165, 1.54) is 0 Å². The van der Waals surface area contributed by atoms with Crippen LogP contribution in [0.25, 0.3) is 0 Å². The molecular weight excluding hydrogens is 378 g/mol. The van der Waals surface area contributed by atoms with E-state index in [0.29, 0.717) is 23.7 Å². The molecule has 0 bridgehead atoms. The van der Waals surface area contributed by atoms with Crippen LogP contribution in [-0.2, 0) is 4.79 Å². The molecule has 0 atom stereocenters. The van der Waals surface area contributed by atoms with Crippen molar-refractivity contribution >= 4 is 29.1 Å². The van der Waals surface area contributed by atoms with Crippen molar-refractivity contribution in [1.82, 2.24) is 16.2 Å². The SMILES string of the molecule is CCCOc1cccc(C(=O)NC(=S)NNC(=O)COc2cccc(C)c2)c1. The molecule has 7 nitrogen and oxygen atoms in total.